The molecule has 0 bridgehead atoms. The molecule has 0 aromatic rings. The summed E-state index contributed by atoms with van der Waals surface area (Å²) in [5.41, 5.74) is -0.221. The van der Waals surface area contributed by atoms with Crippen molar-refractivity contribution in [2.45, 2.75) is 34.1 Å². The molecule has 6 heteroatoms. The summed E-state index contributed by atoms with van der Waals surface area (Å²) in [6.07, 6.45) is -0.596. The number of hydrogen-bond acceptors (Lipinski definition) is 4. The first-order valence-electron chi connectivity index (χ1n) is 5.66. The van der Waals surface area contributed by atoms with Crippen molar-refractivity contribution in [2.24, 2.45) is 17.3 Å². The summed E-state index contributed by atoms with van der Waals surface area (Å²) < 4.78 is 4.99. The van der Waals surface area contributed by atoms with Crippen LogP contribution in [0.4, 0.5) is 0 Å². The van der Waals surface area contributed by atoms with Gasteiger partial charge in [0.1, 0.15) is 0 Å². The predicted octanol–water partition coefficient (Wildman–Crippen LogP) is 1.39. The molecule has 0 amide bonds. The van der Waals surface area contributed by atoms with E-state index >= 15 is 0 Å². The van der Waals surface area contributed by atoms with Crippen molar-refractivity contribution < 1.29 is 29.3 Å². The Kier molecular flexibility index (Phi) is 5.81. The lowest BCUT2D eigenvalue weighted by atomic mass is 9.91. The van der Waals surface area contributed by atoms with Crippen LogP contribution in [0.1, 0.15) is 34.1 Å². The number of carboxylic acid groups (broad SMARTS) is 2. The van der Waals surface area contributed by atoms with E-state index in [1.165, 1.54) is 6.92 Å². The van der Waals surface area contributed by atoms with E-state index in [0.29, 0.717) is 0 Å². The van der Waals surface area contributed by atoms with Crippen molar-refractivity contribution in [3.63, 3.8) is 0 Å². The first kappa shape index (κ1) is 16.4. The number of esters is 1. The van der Waals surface area contributed by atoms with Crippen LogP contribution in [0.15, 0.2) is 0 Å². The van der Waals surface area contributed by atoms with Gasteiger partial charge in [0.2, 0.25) is 0 Å². The molecule has 0 aliphatic rings. The molecule has 0 rings (SSSR count). The van der Waals surface area contributed by atoms with Crippen molar-refractivity contribution in [3.05, 3.63) is 0 Å². The van der Waals surface area contributed by atoms with Crippen molar-refractivity contribution in [3.8, 4) is 0 Å². The minimum Gasteiger partial charge on any atom is -0.481 e. The number of hydrogen-bond donors (Lipinski definition) is 2. The van der Waals surface area contributed by atoms with E-state index in [9.17, 15) is 14.4 Å². The highest BCUT2D eigenvalue weighted by Crippen LogP contribution is 2.20. The maximum Gasteiger partial charge on any atom is 0.309 e. The van der Waals surface area contributed by atoms with Gasteiger partial charge in [-0.05, 0) is 5.41 Å². The third kappa shape index (κ3) is 6.22. The molecule has 0 saturated heterocycles. The summed E-state index contributed by atoms with van der Waals surface area (Å²) in [6, 6.07) is 0. The summed E-state index contributed by atoms with van der Waals surface area (Å²) in [6.45, 7) is 7.15. The predicted molar refractivity (Wildman–Crippen MR) is 63.0 cm³/mol. The second-order valence-electron chi connectivity index (χ2n) is 5.50. The van der Waals surface area contributed by atoms with E-state index in [-0.39, 0.29) is 12.0 Å². The fourth-order valence-corrected chi connectivity index (χ4v) is 1.25. The Bertz CT molecular complexity index is 328. The Labute approximate surface area is 106 Å². The third-order valence-corrected chi connectivity index (χ3v) is 2.33. The largest absolute Gasteiger partial charge is 0.481 e. The van der Waals surface area contributed by atoms with Gasteiger partial charge in [-0.2, -0.15) is 0 Å². The number of carbonyl (C=O) groups is 3. The highest BCUT2D eigenvalue weighted by molar-refractivity contribution is 5.84. The van der Waals surface area contributed by atoms with Crippen molar-refractivity contribution in [1.29, 1.82) is 0 Å². The summed E-state index contributed by atoms with van der Waals surface area (Å²) in [4.78, 5) is 33.1. The second kappa shape index (κ2) is 6.37. The maximum absolute atomic E-state index is 11.6. The summed E-state index contributed by atoms with van der Waals surface area (Å²) in [7, 11) is 0. The summed E-state index contributed by atoms with van der Waals surface area (Å²) in [5, 5.41) is 17.5. The lowest BCUT2D eigenvalue weighted by Crippen LogP contribution is -2.32. The smallest absolute Gasteiger partial charge is 0.309 e. The Hall–Kier alpha value is -1.59. The normalized spacial score (nSPS) is 14.7. The van der Waals surface area contributed by atoms with Gasteiger partial charge in [0.25, 0.3) is 0 Å². The van der Waals surface area contributed by atoms with Gasteiger partial charge in [-0.15, -0.1) is 0 Å². The molecule has 2 unspecified atom stereocenters. The van der Waals surface area contributed by atoms with E-state index in [1.807, 2.05) is 20.8 Å². The number of rotatable bonds is 6. The van der Waals surface area contributed by atoms with Crippen molar-refractivity contribution in [1.82, 2.24) is 0 Å². The molecule has 0 aromatic heterocycles. The van der Waals surface area contributed by atoms with Crippen LogP contribution in [0.2, 0.25) is 0 Å². The molecule has 0 aromatic carbocycles. The van der Waals surface area contributed by atoms with Crippen molar-refractivity contribution >= 4 is 17.9 Å². The molecule has 18 heavy (non-hydrogen) atoms. The van der Waals surface area contributed by atoms with E-state index < -0.39 is 36.2 Å². The Morgan fingerprint density at radius 1 is 1.17 bits per heavy atom. The standard InChI is InChI=1S/C12H20O6/c1-7(8(10(15)16)5-9(13)14)11(17)18-6-12(2,3)4/h7-8H,5-6H2,1-4H3,(H,13,14)(H,15,16). The van der Waals surface area contributed by atoms with Gasteiger partial charge in [0.05, 0.1) is 24.9 Å². The highest BCUT2D eigenvalue weighted by Gasteiger charge is 2.33. The third-order valence-electron chi connectivity index (χ3n) is 2.33. The van der Waals surface area contributed by atoms with E-state index in [2.05, 4.69) is 0 Å². The highest BCUT2D eigenvalue weighted by atomic mass is 16.5. The van der Waals surface area contributed by atoms with Crippen LogP contribution in [0.5, 0.6) is 0 Å². The van der Waals surface area contributed by atoms with Gasteiger partial charge in [-0.3, -0.25) is 14.4 Å². The zero-order chi connectivity index (χ0) is 14.5. The molecule has 0 aliphatic carbocycles. The summed E-state index contributed by atoms with van der Waals surface area (Å²) >= 11 is 0. The summed E-state index contributed by atoms with van der Waals surface area (Å²) in [5.74, 6) is -5.50. The first-order chi connectivity index (χ1) is 8.04. The lowest BCUT2D eigenvalue weighted by molar-refractivity contribution is -0.161. The molecule has 0 radical (unpaired) electrons. The molecule has 2 atom stereocenters. The van der Waals surface area contributed by atoms with Gasteiger partial charge < -0.3 is 14.9 Å². The van der Waals surface area contributed by atoms with Gasteiger partial charge in [-0.1, -0.05) is 27.7 Å². The maximum atomic E-state index is 11.6. The monoisotopic (exact) mass is 260 g/mol. The molecular formula is C12H20O6. The van der Waals surface area contributed by atoms with Crippen LogP contribution in [0.3, 0.4) is 0 Å². The SMILES string of the molecule is CC(C(=O)OCC(C)(C)C)C(CC(=O)O)C(=O)O. The Morgan fingerprint density at radius 2 is 1.67 bits per heavy atom. The minimum atomic E-state index is -1.31. The van der Waals surface area contributed by atoms with E-state index in [1.54, 1.807) is 0 Å². The van der Waals surface area contributed by atoms with Gasteiger partial charge in [0, 0.05) is 0 Å². The molecule has 6 nitrogen and oxygen atoms in total. The fourth-order valence-electron chi connectivity index (χ4n) is 1.25. The second-order valence-corrected chi connectivity index (χ2v) is 5.50. The number of aliphatic carboxylic acids is 2. The molecule has 0 fully saturated rings. The Morgan fingerprint density at radius 3 is 2.00 bits per heavy atom. The van der Waals surface area contributed by atoms with Crippen LogP contribution < -0.4 is 0 Å². The molecule has 2 N–H and O–H groups in total. The topological polar surface area (TPSA) is 101 Å². The fraction of sp³-hybridized carbons (Fsp3) is 0.750. The number of carbonyl (C=O) groups excluding carboxylic acids is 1. The average molecular weight is 260 g/mol. The van der Waals surface area contributed by atoms with Crippen molar-refractivity contribution in [2.75, 3.05) is 6.61 Å². The van der Waals surface area contributed by atoms with Crippen LogP contribution >= 0.6 is 0 Å². The first-order valence-corrected chi connectivity index (χ1v) is 5.66. The van der Waals surface area contributed by atoms with Crippen LogP contribution in [0.25, 0.3) is 0 Å². The quantitative estimate of drug-likeness (QED) is 0.700. The van der Waals surface area contributed by atoms with Gasteiger partial charge in [0.15, 0.2) is 0 Å². The lowest BCUT2D eigenvalue weighted by Gasteiger charge is -2.22. The van der Waals surface area contributed by atoms with Gasteiger partial charge >= 0.3 is 17.9 Å². The minimum absolute atomic E-state index is 0.162. The van der Waals surface area contributed by atoms with Gasteiger partial charge in [-0.25, -0.2) is 0 Å². The van der Waals surface area contributed by atoms with Crippen LogP contribution in [-0.2, 0) is 19.1 Å². The molecule has 0 saturated carbocycles. The van der Waals surface area contributed by atoms with Crippen LogP contribution in [-0.4, -0.2) is 34.7 Å². The van der Waals surface area contributed by atoms with E-state index in [4.69, 9.17) is 14.9 Å². The zero-order valence-corrected chi connectivity index (χ0v) is 11.1. The zero-order valence-electron chi connectivity index (χ0n) is 11.1. The van der Waals surface area contributed by atoms with E-state index in [0.717, 1.165) is 0 Å². The molecular weight excluding hydrogens is 240 g/mol. The molecule has 0 aliphatic heterocycles. The average Bonchev–Trinajstić information content (AvgIpc) is 2.19. The Balaban J connectivity index is 4.57. The molecule has 104 valence electrons. The van der Waals surface area contributed by atoms with Crippen LogP contribution in [0, 0.1) is 17.3 Å². The number of carboxylic acids is 2. The number of ether oxygens (including phenoxy) is 1. The molecule has 0 spiro atoms. The molecule has 0 heterocycles.